The van der Waals surface area contributed by atoms with E-state index in [4.69, 9.17) is 75.3 Å². The van der Waals surface area contributed by atoms with Gasteiger partial charge in [-0.25, -0.2) is 0 Å². The molecule has 0 spiro atoms. The zero-order chi connectivity index (χ0) is 9.28. The maximum atomic E-state index is 5.39. The molecule has 0 bridgehead atoms. The van der Waals surface area contributed by atoms with E-state index in [0.29, 0.717) is 0 Å². The van der Waals surface area contributed by atoms with Crippen LogP contribution in [0.15, 0.2) is 0 Å². The molecule has 0 saturated heterocycles. The highest BCUT2D eigenvalue weighted by atomic mass is 35.6. The highest BCUT2D eigenvalue weighted by Gasteiger charge is 2.39. The van der Waals surface area contributed by atoms with Crippen LogP contribution in [-0.2, 0) is 4.74 Å². The van der Waals surface area contributed by atoms with Gasteiger partial charge < -0.3 is 0 Å². The molecule has 0 aliphatic rings. The molecule has 0 aliphatic carbocycles. The normalized spacial score (nSPS) is 18.5. The van der Waals surface area contributed by atoms with Gasteiger partial charge in [0.05, 0.1) is 0 Å². The average molecular weight is 282 g/mol. The summed E-state index contributed by atoms with van der Waals surface area (Å²) in [6.07, 6.45) is 0. The summed E-state index contributed by atoms with van der Waals surface area (Å²) in [5, 5.41) is -1.91. The molecule has 0 fully saturated rings. The van der Waals surface area contributed by atoms with E-state index in [-0.39, 0.29) is 0 Å². The third-order valence-corrected chi connectivity index (χ3v) is 1.97. The summed E-state index contributed by atoms with van der Waals surface area (Å²) in [7, 11) is 0. The van der Waals surface area contributed by atoms with Crippen molar-refractivity contribution >= 4 is 69.6 Å². The maximum Gasteiger partial charge on any atom is 0.300 e. The fourth-order valence-corrected chi connectivity index (χ4v) is 0.928. The van der Waals surface area contributed by atoms with Crippen LogP contribution in [0.1, 0.15) is 0 Å². The molecule has 0 heterocycles. The van der Waals surface area contributed by atoms with Gasteiger partial charge in [0.15, 0.2) is 4.84 Å². The summed E-state index contributed by atoms with van der Waals surface area (Å²) in [5.74, 6) is 0. The molecule has 0 aromatic carbocycles. The number of alkyl halides is 6. The lowest BCUT2D eigenvalue weighted by Gasteiger charge is -2.27. The Hall–Kier alpha value is 1.66. The van der Waals surface area contributed by atoms with E-state index < -0.39 is 14.0 Å². The van der Waals surface area contributed by atoms with Gasteiger partial charge in [0.2, 0.25) is 5.18 Å². The van der Waals surface area contributed by atoms with Gasteiger partial charge in [-0.05, 0) is 0 Å². The van der Waals surface area contributed by atoms with Crippen molar-refractivity contribution in [2.24, 2.45) is 5.73 Å². The zero-order valence-electron chi connectivity index (χ0n) is 4.83. The topological polar surface area (TPSA) is 35.2 Å². The van der Waals surface area contributed by atoms with Gasteiger partial charge in [0.1, 0.15) is 0 Å². The van der Waals surface area contributed by atoms with E-state index in [1.54, 1.807) is 0 Å². The summed E-state index contributed by atoms with van der Waals surface area (Å²) in [5.41, 5.74) is 5.17. The largest absolute Gasteiger partial charge is 0.300 e. The molecule has 0 aliphatic heterocycles. The van der Waals surface area contributed by atoms with Crippen LogP contribution in [0.3, 0.4) is 0 Å². The molecule has 68 valence electrons. The first kappa shape index (κ1) is 12.7. The minimum atomic E-state index is -2.04. The maximum absolute atomic E-state index is 5.39. The fraction of sp³-hybridized carbons (Fsp3) is 1.00. The lowest BCUT2D eigenvalue weighted by atomic mass is 10.7. The Morgan fingerprint density at radius 2 is 1.45 bits per heavy atom. The highest BCUT2D eigenvalue weighted by Crippen LogP contribution is 2.36. The Bertz CT molecular complexity index is 130. The number of ether oxygens (including phenoxy) is 1. The van der Waals surface area contributed by atoms with E-state index in [0.717, 1.165) is 0 Å². The van der Waals surface area contributed by atoms with Gasteiger partial charge in [-0.2, -0.15) is 0 Å². The second kappa shape index (κ2) is 4.25. The number of halogens is 6. The Balaban J connectivity index is 4.13. The van der Waals surface area contributed by atoms with Crippen LogP contribution in [0, 0.1) is 0 Å². The molecule has 2 nitrogen and oxygen atoms in total. The Morgan fingerprint density at radius 3 is 1.55 bits per heavy atom. The lowest BCUT2D eigenvalue weighted by molar-refractivity contribution is 0.0277. The van der Waals surface area contributed by atoms with E-state index >= 15 is 0 Å². The van der Waals surface area contributed by atoms with Crippen molar-refractivity contribution in [3.05, 3.63) is 0 Å². The summed E-state index contributed by atoms with van der Waals surface area (Å²) in [6, 6.07) is 0. The lowest BCUT2D eigenvalue weighted by Crippen LogP contribution is -2.45. The summed E-state index contributed by atoms with van der Waals surface area (Å²) in [6.45, 7) is 0. The van der Waals surface area contributed by atoms with Gasteiger partial charge in [-0.3, -0.25) is 10.5 Å². The van der Waals surface area contributed by atoms with Crippen molar-refractivity contribution in [1.29, 1.82) is 0 Å². The van der Waals surface area contributed by atoms with E-state index in [1.807, 2.05) is 0 Å². The Labute approximate surface area is 93.7 Å². The monoisotopic (exact) mass is 279 g/mol. The SMILES string of the molecule is NC(Cl)(OC(Cl)(Cl)Cl)C(Cl)Cl. The van der Waals surface area contributed by atoms with Crippen molar-refractivity contribution in [1.82, 2.24) is 0 Å². The third-order valence-electron chi connectivity index (χ3n) is 0.570. The third kappa shape index (κ3) is 5.83. The smallest absolute Gasteiger partial charge is 0.295 e. The van der Waals surface area contributed by atoms with E-state index in [1.165, 1.54) is 0 Å². The van der Waals surface area contributed by atoms with Gasteiger partial charge in [-0.1, -0.05) is 69.6 Å². The zero-order valence-corrected chi connectivity index (χ0v) is 9.37. The van der Waals surface area contributed by atoms with Crippen molar-refractivity contribution in [3.8, 4) is 0 Å². The first-order valence-corrected chi connectivity index (χ1v) is 4.56. The van der Waals surface area contributed by atoms with Gasteiger partial charge in [0, 0.05) is 0 Å². The van der Waals surface area contributed by atoms with E-state index in [2.05, 4.69) is 4.74 Å². The molecular weight excluding hydrogens is 279 g/mol. The Morgan fingerprint density at radius 1 is 1.09 bits per heavy atom. The molecule has 0 saturated carbocycles. The van der Waals surface area contributed by atoms with Gasteiger partial charge in [-0.15, -0.1) is 0 Å². The second-order valence-electron chi connectivity index (χ2n) is 1.55. The minimum Gasteiger partial charge on any atom is -0.295 e. The standard InChI is InChI=1S/C3H3Cl6NO/c4-1(5)2(6,10)11-3(7,8)9/h1H,10H2. The van der Waals surface area contributed by atoms with Crippen molar-refractivity contribution in [3.63, 3.8) is 0 Å². The fourth-order valence-electron chi connectivity index (χ4n) is 0.222. The number of nitrogens with two attached hydrogens (primary N) is 1. The van der Waals surface area contributed by atoms with Crippen LogP contribution in [0.5, 0.6) is 0 Å². The van der Waals surface area contributed by atoms with Crippen LogP contribution in [-0.4, -0.2) is 14.0 Å². The molecule has 11 heavy (non-hydrogen) atoms. The molecule has 2 N–H and O–H groups in total. The van der Waals surface area contributed by atoms with Crippen LogP contribution in [0.25, 0.3) is 0 Å². The van der Waals surface area contributed by atoms with Gasteiger partial charge >= 0.3 is 0 Å². The first-order chi connectivity index (χ1) is 4.65. The average Bonchev–Trinajstić information content (AvgIpc) is 1.56. The quantitative estimate of drug-likeness (QED) is 0.480. The minimum absolute atomic E-state index is 1.21. The highest BCUT2D eigenvalue weighted by molar-refractivity contribution is 6.66. The molecular formula is C3H3Cl6NO. The first-order valence-electron chi connectivity index (χ1n) is 2.18. The van der Waals surface area contributed by atoms with Gasteiger partial charge in [0.25, 0.3) is 3.98 Å². The Kier molecular flexibility index (Phi) is 4.89. The molecule has 0 radical (unpaired) electrons. The van der Waals surface area contributed by atoms with Crippen molar-refractivity contribution in [2.75, 3.05) is 0 Å². The second-order valence-corrected chi connectivity index (χ2v) is 5.41. The number of hydrogen-bond donors (Lipinski definition) is 1. The molecule has 8 heteroatoms. The molecule has 0 aromatic rings. The molecule has 1 unspecified atom stereocenters. The van der Waals surface area contributed by atoms with Crippen LogP contribution in [0.2, 0.25) is 0 Å². The van der Waals surface area contributed by atoms with Crippen molar-refractivity contribution in [2.45, 2.75) is 14.0 Å². The summed E-state index contributed by atoms with van der Waals surface area (Å²) < 4.78 is 2.42. The van der Waals surface area contributed by atoms with Crippen LogP contribution < -0.4 is 5.73 Å². The molecule has 0 rings (SSSR count). The number of hydrogen-bond acceptors (Lipinski definition) is 2. The van der Waals surface area contributed by atoms with E-state index in [9.17, 15) is 0 Å². The predicted octanol–water partition coefficient (Wildman–Crippen LogP) is 2.99. The molecule has 0 aromatic heterocycles. The van der Waals surface area contributed by atoms with Crippen molar-refractivity contribution < 1.29 is 4.74 Å². The van der Waals surface area contributed by atoms with Crippen LogP contribution >= 0.6 is 69.6 Å². The number of rotatable bonds is 2. The predicted molar refractivity (Wildman–Crippen MR) is 49.6 cm³/mol. The summed E-state index contributed by atoms with van der Waals surface area (Å²) >= 11 is 31.5. The summed E-state index contributed by atoms with van der Waals surface area (Å²) in [4.78, 5) is -1.21. The molecule has 1 atom stereocenters. The molecule has 0 amide bonds. The van der Waals surface area contributed by atoms with Crippen LogP contribution in [0.4, 0.5) is 0 Å².